The Bertz CT molecular complexity index is 734. The van der Waals surface area contributed by atoms with Gasteiger partial charge >= 0.3 is 0 Å². The number of thiazole rings is 1. The maximum absolute atomic E-state index is 12.3. The fraction of sp³-hybridized carbons (Fsp3) is 0.357. The molecule has 1 aromatic heterocycles. The molecule has 3 rings (SSSR count). The Balaban J connectivity index is 1.62. The summed E-state index contributed by atoms with van der Waals surface area (Å²) in [5.41, 5.74) is 0.617. The minimum atomic E-state index is -3.41. The van der Waals surface area contributed by atoms with Crippen molar-refractivity contribution in [2.45, 2.75) is 18.2 Å². The number of rotatable bonds is 5. The van der Waals surface area contributed by atoms with Crippen LogP contribution in [0.25, 0.3) is 0 Å². The summed E-state index contributed by atoms with van der Waals surface area (Å²) in [5.74, 6) is -0.0968. The normalized spacial score (nSPS) is 18.8. The summed E-state index contributed by atoms with van der Waals surface area (Å²) >= 11 is 7.60. The average molecular weight is 358 g/mol. The quantitative estimate of drug-likeness (QED) is 0.893. The molecule has 1 fully saturated rings. The summed E-state index contributed by atoms with van der Waals surface area (Å²) in [4.78, 5) is 6.36. The van der Waals surface area contributed by atoms with Gasteiger partial charge in [0.1, 0.15) is 0 Å². The fourth-order valence-electron chi connectivity index (χ4n) is 2.52. The van der Waals surface area contributed by atoms with Crippen molar-refractivity contribution in [2.24, 2.45) is 0 Å². The second-order valence-corrected chi connectivity index (χ2v) is 8.25. The van der Waals surface area contributed by atoms with Gasteiger partial charge in [-0.3, -0.25) is 0 Å². The van der Waals surface area contributed by atoms with Crippen LogP contribution in [-0.4, -0.2) is 32.5 Å². The van der Waals surface area contributed by atoms with Crippen molar-refractivity contribution in [1.82, 2.24) is 9.71 Å². The zero-order valence-electron chi connectivity index (χ0n) is 11.8. The number of benzene rings is 1. The van der Waals surface area contributed by atoms with Gasteiger partial charge in [-0.25, -0.2) is 18.1 Å². The Morgan fingerprint density at radius 3 is 2.95 bits per heavy atom. The lowest BCUT2D eigenvalue weighted by Crippen LogP contribution is -2.37. The predicted octanol–water partition coefficient (Wildman–Crippen LogP) is 2.49. The molecule has 0 amide bonds. The molecule has 22 heavy (non-hydrogen) atoms. The number of halogens is 1. The molecule has 0 saturated carbocycles. The van der Waals surface area contributed by atoms with E-state index >= 15 is 0 Å². The van der Waals surface area contributed by atoms with Gasteiger partial charge in [0.25, 0.3) is 0 Å². The van der Waals surface area contributed by atoms with Crippen LogP contribution in [0.1, 0.15) is 12.0 Å². The summed E-state index contributed by atoms with van der Waals surface area (Å²) in [7, 11) is -3.41. The lowest BCUT2D eigenvalue weighted by molar-refractivity contribution is 0.560. The lowest BCUT2D eigenvalue weighted by Gasteiger charge is -2.16. The third-order valence-corrected chi connectivity index (χ3v) is 6.11. The van der Waals surface area contributed by atoms with Crippen molar-refractivity contribution in [3.05, 3.63) is 46.4 Å². The van der Waals surface area contributed by atoms with E-state index in [1.807, 2.05) is 5.38 Å². The fourth-order valence-corrected chi connectivity index (χ4v) is 4.92. The molecule has 1 N–H and O–H groups in total. The van der Waals surface area contributed by atoms with Crippen molar-refractivity contribution < 1.29 is 8.42 Å². The van der Waals surface area contributed by atoms with Crippen LogP contribution in [0.3, 0.4) is 0 Å². The van der Waals surface area contributed by atoms with E-state index in [0.717, 1.165) is 18.1 Å². The van der Waals surface area contributed by atoms with Crippen LogP contribution in [0, 0.1) is 0 Å². The molecular weight excluding hydrogens is 342 g/mol. The van der Waals surface area contributed by atoms with Gasteiger partial charge in [-0.2, -0.15) is 0 Å². The van der Waals surface area contributed by atoms with E-state index in [1.54, 1.807) is 41.8 Å². The van der Waals surface area contributed by atoms with E-state index < -0.39 is 10.0 Å². The maximum Gasteiger partial charge on any atom is 0.216 e. The Morgan fingerprint density at radius 1 is 1.41 bits per heavy atom. The van der Waals surface area contributed by atoms with E-state index in [-0.39, 0.29) is 11.8 Å². The third kappa shape index (κ3) is 3.78. The van der Waals surface area contributed by atoms with E-state index in [9.17, 15) is 8.42 Å². The van der Waals surface area contributed by atoms with Crippen LogP contribution in [0.2, 0.25) is 5.02 Å². The first-order valence-corrected chi connectivity index (χ1v) is 9.82. The molecule has 1 aliphatic rings. The molecule has 0 bridgehead atoms. The largest absolute Gasteiger partial charge is 0.346 e. The van der Waals surface area contributed by atoms with Crippen molar-refractivity contribution in [3.8, 4) is 0 Å². The number of nitrogens with zero attached hydrogens (tertiary/aromatic N) is 2. The van der Waals surface area contributed by atoms with E-state index in [0.29, 0.717) is 17.1 Å². The first kappa shape index (κ1) is 15.7. The van der Waals surface area contributed by atoms with Gasteiger partial charge < -0.3 is 4.90 Å². The van der Waals surface area contributed by atoms with Gasteiger partial charge in [0.15, 0.2) is 5.13 Å². The highest BCUT2D eigenvalue weighted by molar-refractivity contribution is 7.88. The van der Waals surface area contributed by atoms with Crippen molar-refractivity contribution in [1.29, 1.82) is 0 Å². The second-order valence-electron chi connectivity index (χ2n) is 5.21. The number of nitrogens with one attached hydrogen (secondary N) is 1. The van der Waals surface area contributed by atoms with Crippen molar-refractivity contribution in [2.75, 3.05) is 18.0 Å². The van der Waals surface area contributed by atoms with Crippen LogP contribution in [-0.2, 0) is 15.8 Å². The second kappa shape index (κ2) is 6.54. The summed E-state index contributed by atoms with van der Waals surface area (Å²) < 4.78 is 27.4. The van der Waals surface area contributed by atoms with Gasteiger partial charge in [-0.05, 0) is 18.1 Å². The molecule has 5 nitrogen and oxygen atoms in total. The zero-order chi connectivity index (χ0) is 15.6. The minimum Gasteiger partial charge on any atom is -0.346 e. The van der Waals surface area contributed by atoms with Gasteiger partial charge in [0, 0.05) is 35.7 Å². The van der Waals surface area contributed by atoms with E-state index in [4.69, 9.17) is 11.6 Å². The molecule has 118 valence electrons. The number of aromatic nitrogens is 1. The van der Waals surface area contributed by atoms with Crippen LogP contribution < -0.4 is 9.62 Å². The van der Waals surface area contributed by atoms with Crippen LogP contribution in [0.5, 0.6) is 0 Å². The molecule has 0 aliphatic carbocycles. The smallest absolute Gasteiger partial charge is 0.216 e. The number of anilines is 1. The SMILES string of the molecule is O=S(=O)(Cc1ccccc1Cl)NC1CCN(c2nccs2)C1. The average Bonchev–Trinajstić information content (AvgIpc) is 3.11. The summed E-state index contributed by atoms with van der Waals surface area (Å²) in [6, 6.07) is 6.92. The highest BCUT2D eigenvalue weighted by atomic mass is 35.5. The molecular formula is C14H16ClN3O2S2. The number of hydrogen-bond donors (Lipinski definition) is 1. The topological polar surface area (TPSA) is 62.3 Å². The van der Waals surface area contributed by atoms with E-state index in [2.05, 4.69) is 14.6 Å². The zero-order valence-corrected chi connectivity index (χ0v) is 14.2. The number of hydrogen-bond acceptors (Lipinski definition) is 5. The highest BCUT2D eigenvalue weighted by Gasteiger charge is 2.27. The van der Waals surface area contributed by atoms with Gasteiger partial charge in [0.05, 0.1) is 5.75 Å². The van der Waals surface area contributed by atoms with E-state index in [1.165, 1.54) is 0 Å². The first-order valence-electron chi connectivity index (χ1n) is 6.91. The highest BCUT2D eigenvalue weighted by Crippen LogP contribution is 2.23. The summed E-state index contributed by atoms with van der Waals surface area (Å²) in [6.45, 7) is 1.46. The monoisotopic (exact) mass is 357 g/mol. The van der Waals surface area contributed by atoms with Crippen molar-refractivity contribution >= 4 is 38.1 Å². The Morgan fingerprint density at radius 2 is 2.23 bits per heavy atom. The number of sulfonamides is 1. The minimum absolute atomic E-state index is 0.0867. The van der Waals surface area contributed by atoms with Gasteiger partial charge in [-0.15, -0.1) is 11.3 Å². The molecule has 0 radical (unpaired) electrons. The molecule has 2 aromatic rings. The predicted molar refractivity (Wildman–Crippen MR) is 89.9 cm³/mol. The maximum atomic E-state index is 12.3. The summed E-state index contributed by atoms with van der Waals surface area (Å²) in [5, 5.41) is 3.33. The van der Waals surface area contributed by atoms with Gasteiger partial charge in [-0.1, -0.05) is 29.8 Å². The van der Waals surface area contributed by atoms with Crippen LogP contribution in [0.15, 0.2) is 35.8 Å². The molecule has 0 spiro atoms. The molecule has 1 unspecified atom stereocenters. The Kier molecular flexibility index (Phi) is 4.67. The first-order chi connectivity index (χ1) is 10.5. The molecule has 1 aromatic carbocycles. The molecule has 1 atom stereocenters. The molecule has 8 heteroatoms. The molecule has 1 saturated heterocycles. The molecule has 1 aliphatic heterocycles. The Labute approximate surface area is 139 Å². The standard InChI is InChI=1S/C14H16ClN3O2S2/c15-13-4-2-1-3-11(13)10-22(19,20)17-12-5-7-18(9-12)14-16-6-8-21-14/h1-4,6,8,12,17H,5,7,9-10H2. The third-order valence-electron chi connectivity index (χ3n) is 3.53. The van der Waals surface area contributed by atoms with Gasteiger partial charge in [0.2, 0.25) is 10.0 Å². The van der Waals surface area contributed by atoms with Crippen LogP contribution >= 0.6 is 22.9 Å². The lowest BCUT2D eigenvalue weighted by atomic mass is 10.2. The summed E-state index contributed by atoms with van der Waals surface area (Å²) in [6.07, 6.45) is 2.54. The Hall–Kier alpha value is -1.15. The molecule has 2 heterocycles. The van der Waals surface area contributed by atoms with Crippen molar-refractivity contribution in [3.63, 3.8) is 0 Å². The van der Waals surface area contributed by atoms with Crippen LogP contribution in [0.4, 0.5) is 5.13 Å².